The summed E-state index contributed by atoms with van der Waals surface area (Å²) in [4.78, 5) is 13.2. The molecule has 1 aromatic rings. The number of rotatable bonds is 3. The number of likely N-dealkylation sites (tertiary alicyclic amines) is 1. The van der Waals surface area contributed by atoms with E-state index in [0.717, 1.165) is 37.6 Å². The van der Waals surface area contributed by atoms with Gasteiger partial charge in [-0.3, -0.25) is 4.90 Å². The predicted molar refractivity (Wildman–Crippen MR) is 71.7 cm³/mol. The van der Waals surface area contributed by atoms with Crippen LogP contribution in [0, 0.1) is 11.2 Å². The molecule has 0 saturated carbocycles. The molecule has 1 aliphatic rings. The van der Waals surface area contributed by atoms with E-state index in [1.54, 1.807) is 6.07 Å². The first kappa shape index (κ1) is 14.0. The van der Waals surface area contributed by atoms with Crippen molar-refractivity contribution in [3.8, 4) is 0 Å². The standard InChI is InChI=1S/C15H20FNO2/c1-15(2)3-5-17(6-4-15)10-11-7-12(14(18)19)9-13(16)8-11/h7-9H,3-6,10H2,1-2H3,(H,18,19). The summed E-state index contributed by atoms with van der Waals surface area (Å²) in [5, 5.41) is 8.93. The van der Waals surface area contributed by atoms with Gasteiger partial charge in [-0.15, -0.1) is 0 Å². The summed E-state index contributed by atoms with van der Waals surface area (Å²) >= 11 is 0. The number of piperidine rings is 1. The number of benzene rings is 1. The zero-order valence-electron chi connectivity index (χ0n) is 11.4. The van der Waals surface area contributed by atoms with Gasteiger partial charge in [0.1, 0.15) is 5.82 Å². The summed E-state index contributed by atoms with van der Waals surface area (Å²) in [5.41, 5.74) is 1.13. The Balaban J connectivity index is 2.05. The highest BCUT2D eigenvalue weighted by molar-refractivity contribution is 5.87. The zero-order valence-corrected chi connectivity index (χ0v) is 11.4. The van der Waals surface area contributed by atoms with Gasteiger partial charge in [0.05, 0.1) is 5.56 Å². The minimum Gasteiger partial charge on any atom is -0.478 e. The third-order valence-corrected chi connectivity index (χ3v) is 3.82. The van der Waals surface area contributed by atoms with Crippen molar-refractivity contribution in [3.05, 3.63) is 35.1 Å². The molecule has 0 spiro atoms. The normalized spacial score (nSPS) is 19.3. The van der Waals surface area contributed by atoms with E-state index < -0.39 is 11.8 Å². The van der Waals surface area contributed by atoms with Crippen LogP contribution in [-0.4, -0.2) is 29.1 Å². The second-order valence-electron chi connectivity index (χ2n) is 6.09. The Kier molecular flexibility index (Phi) is 3.90. The number of aromatic carboxylic acids is 1. The quantitative estimate of drug-likeness (QED) is 0.912. The summed E-state index contributed by atoms with van der Waals surface area (Å²) < 4.78 is 13.4. The number of carbonyl (C=O) groups is 1. The minimum absolute atomic E-state index is 0.0207. The molecule has 0 bridgehead atoms. The monoisotopic (exact) mass is 265 g/mol. The number of carboxylic acids is 1. The van der Waals surface area contributed by atoms with E-state index in [1.165, 1.54) is 6.07 Å². The third-order valence-electron chi connectivity index (χ3n) is 3.82. The van der Waals surface area contributed by atoms with Crippen LogP contribution in [0.15, 0.2) is 18.2 Å². The van der Waals surface area contributed by atoms with E-state index in [4.69, 9.17) is 5.11 Å². The van der Waals surface area contributed by atoms with E-state index >= 15 is 0 Å². The molecule has 0 radical (unpaired) electrons. The number of hydrogen-bond donors (Lipinski definition) is 1. The molecule has 0 aromatic heterocycles. The van der Waals surface area contributed by atoms with Crippen LogP contribution in [0.5, 0.6) is 0 Å². The van der Waals surface area contributed by atoms with Gasteiger partial charge in [0.25, 0.3) is 0 Å². The van der Waals surface area contributed by atoms with Crippen LogP contribution in [0.3, 0.4) is 0 Å². The molecule has 0 unspecified atom stereocenters. The fourth-order valence-electron chi connectivity index (χ4n) is 2.44. The molecule has 0 aliphatic carbocycles. The average molecular weight is 265 g/mol. The van der Waals surface area contributed by atoms with Crippen LogP contribution >= 0.6 is 0 Å². The summed E-state index contributed by atoms with van der Waals surface area (Å²) in [6.45, 7) is 7.09. The van der Waals surface area contributed by atoms with E-state index in [1.807, 2.05) is 0 Å². The Morgan fingerprint density at radius 2 is 1.95 bits per heavy atom. The van der Waals surface area contributed by atoms with E-state index in [-0.39, 0.29) is 5.56 Å². The Morgan fingerprint density at radius 1 is 1.32 bits per heavy atom. The highest BCUT2D eigenvalue weighted by Gasteiger charge is 2.25. The predicted octanol–water partition coefficient (Wildman–Crippen LogP) is 3.15. The Labute approximate surface area is 113 Å². The summed E-state index contributed by atoms with van der Waals surface area (Å²) in [5.74, 6) is -1.56. The lowest BCUT2D eigenvalue weighted by molar-refractivity contribution is 0.0696. The molecule has 3 nitrogen and oxygen atoms in total. The smallest absolute Gasteiger partial charge is 0.335 e. The highest BCUT2D eigenvalue weighted by Crippen LogP contribution is 2.30. The first-order chi connectivity index (χ1) is 8.85. The van der Waals surface area contributed by atoms with E-state index in [0.29, 0.717) is 12.0 Å². The fraction of sp³-hybridized carbons (Fsp3) is 0.533. The van der Waals surface area contributed by atoms with E-state index in [2.05, 4.69) is 18.7 Å². The fourth-order valence-corrected chi connectivity index (χ4v) is 2.44. The van der Waals surface area contributed by atoms with Crippen molar-refractivity contribution in [3.63, 3.8) is 0 Å². The molecule has 1 fully saturated rings. The number of hydrogen-bond acceptors (Lipinski definition) is 2. The van der Waals surface area contributed by atoms with Crippen LogP contribution in [-0.2, 0) is 6.54 Å². The first-order valence-electron chi connectivity index (χ1n) is 6.61. The molecule has 1 saturated heterocycles. The molecular weight excluding hydrogens is 245 g/mol. The van der Waals surface area contributed by atoms with Gasteiger partial charge in [0, 0.05) is 6.54 Å². The largest absolute Gasteiger partial charge is 0.478 e. The summed E-state index contributed by atoms with van der Waals surface area (Å²) in [7, 11) is 0. The SMILES string of the molecule is CC1(C)CCN(Cc2cc(F)cc(C(=O)O)c2)CC1. The lowest BCUT2D eigenvalue weighted by atomic mass is 9.82. The maximum absolute atomic E-state index is 13.4. The molecule has 0 atom stereocenters. The van der Waals surface area contributed by atoms with Gasteiger partial charge >= 0.3 is 5.97 Å². The van der Waals surface area contributed by atoms with Gasteiger partial charge in [0.2, 0.25) is 0 Å². The average Bonchev–Trinajstić information content (AvgIpc) is 2.31. The first-order valence-corrected chi connectivity index (χ1v) is 6.61. The molecule has 2 rings (SSSR count). The van der Waals surface area contributed by atoms with E-state index in [9.17, 15) is 9.18 Å². The molecule has 1 aliphatic heterocycles. The third kappa shape index (κ3) is 3.77. The molecule has 1 N–H and O–H groups in total. The topological polar surface area (TPSA) is 40.5 Å². The highest BCUT2D eigenvalue weighted by atomic mass is 19.1. The van der Waals surface area contributed by atoms with Crippen molar-refractivity contribution in [2.75, 3.05) is 13.1 Å². The molecule has 1 heterocycles. The minimum atomic E-state index is -1.08. The van der Waals surface area contributed by atoms with Crippen molar-refractivity contribution in [1.82, 2.24) is 4.90 Å². The van der Waals surface area contributed by atoms with Crippen molar-refractivity contribution < 1.29 is 14.3 Å². The summed E-state index contributed by atoms with van der Waals surface area (Å²) in [6.07, 6.45) is 2.24. The van der Waals surface area contributed by atoms with Crippen molar-refractivity contribution in [2.24, 2.45) is 5.41 Å². The molecule has 1 aromatic carbocycles. The van der Waals surface area contributed by atoms with Gasteiger partial charge in [-0.05, 0) is 55.1 Å². The Hall–Kier alpha value is -1.42. The van der Waals surface area contributed by atoms with Crippen LogP contribution in [0.1, 0.15) is 42.6 Å². The van der Waals surface area contributed by atoms with Crippen molar-refractivity contribution in [1.29, 1.82) is 0 Å². The maximum atomic E-state index is 13.4. The van der Waals surface area contributed by atoms with Gasteiger partial charge in [-0.1, -0.05) is 13.8 Å². The van der Waals surface area contributed by atoms with Gasteiger partial charge < -0.3 is 5.11 Å². The maximum Gasteiger partial charge on any atom is 0.335 e. The van der Waals surface area contributed by atoms with Crippen LogP contribution in [0.2, 0.25) is 0 Å². The number of carboxylic acid groups (broad SMARTS) is 1. The zero-order chi connectivity index (χ0) is 14.0. The van der Waals surface area contributed by atoms with Gasteiger partial charge in [-0.25, -0.2) is 9.18 Å². The van der Waals surface area contributed by atoms with Crippen LogP contribution in [0.25, 0.3) is 0 Å². The van der Waals surface area contributed by atoms with Crippen LogP contribution in [0.4, 0.5) is 4.39 Å². The van der Waals surface area contributed by atoms with Crippen LogP contribution < -0.4 is 0 Å². The number of nitrogens with zero attached hydrogens (tertiary/aromatic N) is 1. The second-order valence-corrected chi connectivity index (χ2v) is 6.09. The molecule has 19 heavy (non-hydrogen) atoms. The van der Waals surface area contributed by atoms with Crippen molar-refractivity contribution in [2.45, 2.75) is 33.2 Å². The lowest BCUT2D eigenvalue weighted by Gasteiger charge is -2.36. The molecular formula is C15H20FNO2. The number of halogens is 1. The lowest BCUT2D eigenvalue weighted by Crippen LogP contribution is -2.36. The Morgan fingerprint density at radius 3 is 2.53 bits per heavy atom. The van der Waals surface area contributed by atoms with Gasteiger partial charge in [-0.2, -0.15) is 0 Å². The Bertz CT molecular complexity index is 475. The van der Waals surface area contributed by atoms with Gasteiger partial charge in [0.15, 0.2) is 0 Å². The second kappa shape index (κ2) is 5.29. The molecule has 4 heteroatoms. The van der Waals surface area contributed by atoms with Crippen molar-refractivity contribution >= 4 is 5.97 Å². The molecule has 104 valence electrons. The molecule has 0 amide bonds. The summed E-state index contributed by atoms with van der Waals surface area (Å²) in [6, 6.07) is 4.04.